The molecule has 0 unspecified atom stereocenters. The van der Waals surface area contributed by atoms with Gasteiger partial charge in [0.05, 0.1) is 12.4 Å². The molecule has 0 N–H and O–H groups in total. The molecule has 1 aliphatic heterocycles. The van der Waals surface area contributed by atoms with Crippen molar-refractivity contribution in [2.24, 2.45) is 0 Å². The molecule has 88 valence electrons. The first-order valence-electron chi connectivity index (χ1n) is 5.59. The largest absolute Gasteiger partial charge is 0.464 e. The third-order valence-electron chi connectivity index (χ3n) is 2.60. The summed E-state index contributed by atoms with van der Waals surface area (Å²) in [5, 5.41) is 0. The molecule has 16 heavy (non-hydrogen) atoms. The van der Waals surface area contributed by atoms with Crippen molar-refractivity contribution in [3.63, 3.8) is 0 Å². The van der Waals surface area contributed by atoms with Crippen LogP contribution in [-0.4, -0.2) is 37.0 Å². The van der Waals surface area contributed by atoms with Crippen LogP contribution in [0.3, 0.4) is 0 Å². The lowest BCUT2D eigenvalue weighted by atomic mass is 10.1. The van der Waals surface area contributed by atoms with Gasteiger partial charge in [-0.25, -0.2) is 9.97 Å². The maximum Gasteiger partial charge on any atom is 0.225 e. The van der Waals surface area contributed by atoms with Crippen molar-refractivity contribution < 1.29 is 9.47 Å². The van der Waals surface area contributed by atoms with Gasteiger partial charge in [0.25, 0.3) is 0 Å². The topological polar surface area (TPSA) is 47.5 Å². The Hall–Kier alpha value is -1.36. The SMILES string of the molecule is COCOc1cnc(N2CCCCC2)nc1. The number of hydrogen-bond acceptors (Lipinski definition) is 5. The number of hydrogen-bond donors (Lipinski definition) is 0. The maximum absolute atomic E-state index is 5.23. The lowest BCUT2D eigenvalue weighted by molar-refractivity contribution is 0.0506. The van der Waals surface area contributed by atoms with Crippen LogP contribution < -0.4 is 9.64 Å². The molecule has 2 rings (SSSR count). The van der Waals surface area contributed by atoms with Crippen LogP contribution in [0.5, 0.6) is 5.75 Å². The van der Waals surface area contributed by atoms with Crippen LogP contribution in [0.2, 0.25) is 0 Å². The summed E-state index contributed by atoms with van der Waals surface area (Å²) >= 11 is 0. The molecular formula is C11H17N3O2. The van der Waals surface area contributed by atoms with Crippen LogP contribution in [-0.2, 0) is 4.74 Å². The first kappa shape index (κ1) is 11.1. The molecule has 0 saturated carbocycles. The molecule has 0 aliphatic carbocycles. The Labute approximate surface area is 95.4 Å². The van der Waals surface area contributed by atoms with Crippen molar-refractivity contribution in [2.75, 3.05) is 31.9 Å². The molecule has 2 heterocycles. The van der Waals surface area contributed by atoms with E-state index in [-0.39, 0.29) is 6.79 Å². The standard InChI is InChI=1S/C11H17N3O2/c1-15-9-16-10-7-12-11(13-8-10)14-5-3-2-4-6-14/h7-8H,2-6,9H2,1H3. The Morgan fingerprint density at radius 3 is 2.50 bits per heavy atom. The van der Waals surface area contributed by atoms with Gasteiger partial charge < -0.3 is 14.4 Å². The fraction of sp³-hybridized carbons (Fsp3) is 0.636. The van der Waals surface area contributed by atoms with Crippen LogP contribution >= 0.6 is 0 Å². The van der Waals surface area contributed by atoms with E-state index in [9.17, 15) is 0 Å². The molecule has 0 bridgehead atoms. The van der Waals surface area contributed by atoms with E-state index in [2.05, 4.69) is 14.9 Å². The van der Waals surface area contributed by atoms with Crippen molar-refractivity contribution in [1.29, 1.82) is 0 Å². The van der Waals surface area contributed by atoms with Crippen molar-refractivity contribution in [3.05, 3.63) is 12.4 Å². The minimum atomic E-state index is 0.229. The van der Waals surface area contributed by atoms with Crippen LogP contribution in [0.25, 0.3) is 0 Å². The Morgan fingerprint density at radius 2 is 1.88 bits per heavy atom. The molecule has 5 heteroatoms. The van der Waals surface area contributed by atoms with E-state index in [0.717, 1.165) is 19.0 Å². The zero-order valence-corrected chi connectivity index (χ0v) is 9.56. The highest BCUT2D eigenvalue weighted by atomic mass is 16.7. The molecule has 0 atom stereocenters. The van der Waals surface area contributed by atoms with Gasteiger partial charge in [-0.05, 0) is 19.3 Å². The maximum atomic E-state index is 5.23. The zero-order chi connectivity index (χ0) is 11.2. The van der Waals surface area contributed by atoms with Gasteiger partial charge >= 0.3 is 0 Å². The smallest absolute Gasteiger partial charge is 0.225 e. The van der Waals surface area contributed by atoms with Crippen LogP contribution in [0.1, 0.15) is 19.3 Å². The van der Waals surface area contributed by atoms with Gasteiger partial charge in [0, 0.05) is 20.2 Å². The fourth-order valence-corrected chi connectivity index (χ4v) is 1.77. The zero-order valence-electron chi connectivity index (χ0n) is 9.56. The number of aromatic nitrogens is 2. The molecule has 0 spiro atoms. The van der Waals surface area contributed by atoms with Crippen LogP contribution in [0.4, 0.5) is 5.95 Å². The molecule has 5 nitrogen and oxygen atoms in total. The highest BCUT2D eigenvalue weighted by molar-refractivity contribution is 5.31. The molecule has 0 aromatic carbocycles. The molecule has 1 aliphatic rings. The van der Waals surface area contributed by atoms with Gasteiger partial charge in [-0.3, -0.25) is 0 Å². The average molecular weight is 223 g/mol. The van der Waals surface area contributed by atoms with E-state index >= 15 is 0 Å². The third kappa shape index (κ3) is 2.82. The Kier molecular flexibility index (Phi) is 3.93. The van der Waals surface area contributed by atoms with Gasteiger partial charge in [0.2, 0.25) is 5.95 Å². The summed E-state index contributed by atoms with van der Waals surface area (Å²) in [5.74, 6) is 1.44. The highest BCUT2D eigenvalue weighted by Gasteiger charge is 2.12. The van der Waals surface area contributed by atoms with Crippen molar-refractivity contribution in [3.8, 4) is 5.75 Å². The van der Waals surface area contributed by atoms with E-state index in [1.54, 1.807) is 19.5 Å². The second-order valence-corrected chi connectivity index (χ2v) is 3.82. The lowest BCUT2D eigenvalue weighted by Crippen LogP contribution is -2.30. The first-order chi connectivity index (χ1) is 7.90. The van der Waals surface area contributed by atoms with Crippen molar-refractivity contribution in [1.82, 2.24) is 9.97 Å². The second-order valence-electron chi connectivity index (χ2n) is 3.82. The third-order valence-corrected chi connectivity index (χ3v) is 2.60. The predicted molar refractivity (Wildman–Crippen MR) is 60.6 cm³/mol. The first-order valence-corrected chi connectivity index (χ1v) is 5.59. The molecule has 1 aromatic heterocycles. The Morgan fingerprint density at radius 1 is 1.19 bits per heavy atom. The molecule has 1 aromatic rings. The van der Waals surface area contributed by atoms with E-state index < -0.39 is 0 Å². The molecule has 0 radical (unpaired) electrons. The van der Waals surface area contributed by atoms with E-state index in [4.69, 9.17) is 9.47 Å². The quantitative estimate of drug-likeness (QED) is 0.723. The summed E-state index contributed by atoms with van der Waals surface area (Å²) in [4.78, 5) is 10.8. The molecule has 0 amide bonds. The van der Waals surface area contributed by atoms with E-state index in [1.165, 1.54) is 19.3 Å². The van der Waals surface area contributed by atoms with Crippen LogP contribution in [0, 0.1) is 0 Å². The summed E-state index contributed by atoms with van der Waals surface area (Å²) < 4.78 is 10.0. The highest BCUT2D eigenvalue weighted by Crippen LogP contribution is 2.16. The van der Waals surface area contributed by atoms with Gasteiger partial charge in [0.1, 0.15) is 0 Å². The average Bonchev–Trinajstić information content (AvgIpc) is 2.38. The van der Waals surface area contributed by atoms with E-state index in [1.807, 2.05) is 0 Å². The number of methoxy groups -OCH3 is 1. The van der Waals surface area contributed by atoms with Crippen LogP contribution in [0.15, 0.2) is 12.4 Å². The summed E-state index contributed by atoms with van der Waals surface area (Å²) in [7, 11) is 1.59. The summed E-state index contributed by atoms with van der Waals surface area (Å²) in [5.41, 5.74) is 0. The van der Waals surface area contributed by atoms with Gasteiger partial charge in [-0.2, -0.15) is 0 Å². The monoisotopic (exact) mass is 223 g/mol. The predicted octanol–water partition coefficient (Wildman–Crippen LogP) is 1.45. The number of ether oxygens (including phenoxy) is 2. The number of anilines is 1. The summed E-state index contributed by atoms with van der Waals surface area (Å²) in [6.45, 7) is 2.34. The minimum Gasteiger partial charge on any atom is -0.464 e. The Balaban J connectivity index is 1.95. The normalized spacial score (nSPS) is 16.2. The molecular weight excluding hydrogens is 206 g/mol. The number of nitrogens with zero attached hydrogens (tertiary/aromatic N) is 3. The molecule has 1 fully saturated rings. The Bertz CT molecular complexity index is 310. The molecule has 1 saturated heterocycles. The number of piperidine rings is 1. The van der Waals surface area contributed by atoms with Crippen molar-refractivity contribution >= 4 is 5.95 Å². The van der Waals surface area contributed by atoms with Gasteiger partial charge in [-0.1, -0.05) is 0 Å². The van der Waals surface area contributed by atoms with Gasteiger partial charge in [-0.15, -0.1) is 0 Å². The van der Waals surface area contributed by atoms with E-state index in [0.29, 0.717) is 5.75 Å². The van der Waals surface area contributed by atoms with Gasteiger partial charge in [0.15, 0.2) is 12.5 Å². The fourth-order valence-electron chi connectivity index (χ4n) is 1.77. The van der Waals surface area contributed by atoms with Crippen molar-refractivity contribution in [2.45, 2.75) is 19.3 Å². The lowest BCUT2D eigenvalue weighted by Gasteiger charge is -2.26. The number of rotatable bonds is 4. The second kappa shape index (κ2) is 5.65. The summed E-state index contributed by atoms with van der Waals surface area (Å²) in [6, 6.07) is 0. The summed E-state index contributed by atoms with van der Waals surface area (Å²) in [6.07, 6.45) is 7.15. The minimum absolute atomic E-state index is 0.229.